The van der Waals surface area contributed by atoms with E-state index in [4.69, 9.17) is 32.1 Å². The molecular weight excluding hydrogens is 1450 g/mol. The number of aliphatic hydroxyl groups excluding tert-OH is 1. The molecule has 0 unspecified atom stereocenters. The molecule has 0 saturated carbocycles. The van der Waals surface area contributed by atoms with Crippen LogP contribution in [0.5, 0.6) is 23.0 Å². The van der Waals surface area contributed by atoms with Crippen molar-refractivity contribution in [3.8, 4) is 23.0 Å². The number of nitrogens with zero attached hydrogens (tertiary/aromatic N) is 3. The lowest BCUT2D eigenvalue weighted by molar-refractivity contribution is -0.136. The first-order chi connectivity index (χ1) is 53.3. The standard InChI is InChI=1S/C78H95N17O17/c1-42(2)37-61(91-70(104)46-18-21-48(22-19-46)93-94-49-23-25-50(26-24-49)95(5)6)74(108)86-44(4)68(102)89-60(33-34-65(79)99)71(105)85-43(3)67(101)88-59(32-17-45-13-8-7-9-14-45)73(107)90-58(16-12-36-84-77(81)82)72(106)92-62(41-96)75(109)87-57(66(80)100)15-10-11-35-83-69(103)47-20-29-54-53(38-47)76(110)112-78(54)55-30-27-51(97)39-63(55)111-64-40-52(98)28-31-56(64)78/h7-9,13-14,18-31,38-40,42-44,57-62,96-98H,10-12,15-17,32-37,41H2,1-6H3,(H2,79,99)(H2,80,100)(H,83,103)(H,85,105)(H,86,108)(H,87,109)(H,88,101)(H,89,102)(H,90,107)(H,91,104)(H,92,106)(H4,81,82,84)/t43-,44-,57-,58-,59-,60-,61-,62-/m0/s1. The molecule has 0 aromatic heterocycles. The molecule has 2 heterocycles. The van der Waals surface area contributed by atoms with Gasteiger partial charge in [0, 0.05) is 79.2 Å². The number of hydrogen-bond donors (Lipinski definition) is 17. The fraction of sp³-hybridized carbons (Fsp3) is 0.372. The molecule has 2 aliphatic rings. The molecule has 11 amide bonds. The number of esters is 1. The number of ether oxygens (including phenoxy) is 2. The van der Waals surface area contributed by atoms with E-state index in [1.54, 1.807) is 60.7 Å². The highest BCUT2D eigenvalue weighted by atomic mass is 16.6. The maximum Gasteiger partial charge on any atom is 0.340 e. The van der Waals surface area contributed by atoms with Crippen molar-refractivity contribution >= 4 is 94.0 Å². The van der Waals surface area contributed by atoms with E-state index in [9.17, 15) is 72.9 Å². The average Bonchev–Trinajstić information content (AvgIpc) is 1.49. The summed E-state index contributed by atoms with van der Waals surface area (Å²) >= 11 is 0. The zero-order valence-corrected chi connectivity index (χ0v) is 62.7. The predicted octanol–water partition coefficient (Wildman–Crippen LogP) is 2.96. The Morgan fingerprint density at radius 2 is 1.00 bits per heavy atom. The van der Waals surface area contributed by atoms with Crippen molar-refractivity contribution in [1.82, 2.24) is 53.2 Å². The Hall–Kier alpha value is -13.0. The summed E-state index contributed by atoms with van der Waals surface area (Å²) in [5.74, 6) is -10.6. The molecule has 2 aliphatic heterocycles. The van der Waals surface area contributed by atoms with E-state index in [0.29, 0.717) is 28.1 Å². The van der Waals surface area contributed by atoms with Gasteiger partial charge in [-0.25, -0.2) is 4.79 Å². The molecule has 594 valence electrons. The molecule has 8 atom stereocenters. The summed E-state index contributed by atoms with van der Waals surface area (Å²) < 4.78 is 12.1. The first kappa shape index (κ1) is 84.6. The number of unbranched alkanes of at least 4 members (excludes halogenated alkanes) is 1. The van der Waals surface area contributed by atoms with E-state index in [0.717, 1.165) is 11.3 Å². The van der Waals surface area contributed by atoms with Gasteiger partial charge in [0.15, 0.2) is 11.6 Å². The first-order valence-electron chi connectivity index (χ1n) is 36.4. The molecule has 20 N–H and O–H groups in total. The van der Waals surface area contributed by atoms with E-state index in [1.165, 1.54) is 62.4 Å². The molecule has 0 saturated heterocycles. The minimum atomic E-state index is -1.74. The molecule has 6 aromatic carbocycles. The van der Waals surface area contributed by atoms with Gasteiger partial charge in [-0.1, -0.05) is 50.2 Å². The molecule has 6 aromatic rings. The normalized spacial score (nSPS) is 14.4. The van der Waals surface area contributed by atoms with Crippen LogP contribution in [0.1, 0.15) is 139 Å². The molecule has 112 heavy (non-hydrogen) atoms. The lowest BCUT2D eigenvalue weighted by Gasteiger charge is -2.36. The molecule has 0 aliphatic carbocycles. The van der Waals surface area contributed by atoms with Crippen molar-refractivity contribution in [3.05, 3.63) is 172 Å². The zero-order chi connectivity index (χ0) is 81.5. The van der Waals surface area contributed by atoms with Crippen LogP contribution < -0.4 is 80.0 Å². The van der Waals surface area contributed by atoms with Crippen LogP contribution >= 0.6 is 0 Å². The maximum absolute atomic E-state index is 14.5. The number of anilines is 1. The van der Waals surface area contributed by atoms with Crippen molar-refractivity contribution in [2.45, 2.75) is 146 Å². The number of aliphatic hydroxyl groups is 1. The van der Waals surface area contributed by atoms with Crippen molar-refractivity contribution in [2.24, 2.45) is 33.3 Å². The van der Waals surface area contributed by atoms with Gasteiger partial charge in [-0.05, 0) is 168 Å². The highest BCUT2D eigenvalue weighted by Gasteiger charge is 2.54. The second-order valence-electron chi connectivity index (χ2n) is 27.7. The summed E-state index contributed by atoms with van der Waals surface area (Å²) in [7, 11) is 3.84. The van der Waals surface area contributed by atoms with Crippen LogP contribution in [0, 0.1) is 11.3 Å². The quantitative estimate of drug-likeness (QED) is 0.00867. The number of aromatic hydroxyl groups is 2. The molecule has 34 nitrogen and oxygen atoms in total. The first-order valence-corrected chi connectivity index (χ1v) is 36.4. The van der Waals surface area contributed by atoms with Gasteiger partial charge in [0.05, 0.1) is 23.5 Å². The number of benzene rings is 6. The number of amides is 11. The molecule has 0 bridgehead atoms. The lowest BCUT2D eigenvalue weighted by atomic mass is 9.77. The van der Waals surface area contributed by atoms with Gasteiger partial charge >= 0.3 is 5.97 Å². The van der Waals surface area contributed by atoms with Crippen molar-refractivity contribution in [1.29, 1.82) is 5.41 Å². The number of fused-ring (bicyclic) bond motifs is 6. The number of rotatable bonds is 39. The Labute approximate surface area is 645 Å². The fourth-order valence-corrected chi connectivity index (χ4v) is 12.4. The SMILES string of the molecule is CC(C)C[C@H](NC(=O)c1ccc(N=Nc2ccc(N(C)C)cc2)cc1)C(=O)N[C@@H](C)C(=O)N[C@@H](CCC(N)=O)C(=O)N[C@@H](C)C(=O)N[C@@H](CCc1ccccc1)C(=O)N[C@@H](CCCNC(=N)N)C(=O)N[C@@H](CO)C(=O)N[C@@H](CCCCNC(=O)c1ccc2c(c1)C(=O)OC21c2ccc(O)cc2Oc2cc(O)ccc21)C(N)=O. The summed E-state index contributed by atoms with van der Waals surface area (Å²) in [4.78, 5) is 166. The number of nitrogens with two attached hydrogens (primary N) is 3. The summed E-state index contributed by atoms with van der Waals surface area (Å²) in [5.41, 5.74) is 19.5. The third-order valence-corrected chi connectivity index (χ3v) is 18.5. The largest absolute Gasteiger partial charge is 0.508 e. The Balaban J connectivity index is 0.858. The van der Waals surface area contributed by atoms with Gasteiger partial charge < -0.3 is 100 Å². The number of hydrogen-bond acceptors (Lipinski definition) is 21. The number of phenolic OH excluding ortho intramolecular Hbond substituents is 2. The highest BCUT2D eigenvalue weighted by Crippen LogP contribution is 2.57. The second kappa shape index (κ2) is 39.4. The number of carbonyl (C=O) groups excluding carboxylic acids is 12. The van der Waals surface area contributed by atoms with Gasteiger partial charge in [-0.2, -0.15) is 10.2 Å². The molecule has 1 spiro atoms. The van der Waals surface area contributed by atoms with Crippen LogP contribution in [-0.4, -0.2) is 174 Å². The van der Waals surface area contributed by atoms with E-state index < -0.39 is 144 Å². The number of phenols is 2. The van der Waals surface area contributed by atoms with Crippen molar-refractivity contribution < 1.29 is 82.3 Å². The topological polar surface area (TPSA) is 534 Å². The molecular formula is C78H95N17O17. The monoisotopic (exact) mass is 1540 g/mol. The van der Waals surface area contributed by atoms with E-state index in [1.807, 2.05) is 57.1 Å². The summed E-state index contributed by atoms with van der Waals surface area (Å²) in [5, 5.41) is 72.9. The smallest absolute Gasteiger partial charge is 0.340 e. The van der Waals surface area contributed by atoms with Gasteiger partial charge in [0.2, 0.25) is 53.2 Å². The van der Waals surface area contributed by atoms with Gasteiger partial charge in [0.25, 0.3) is 11.8 Å². The Kier molecular flexibility index (Phi) is 29.8. The van der Waals surface area contributed by atoms with Gasteiger partial charge in [-0.3, -0.25) is 58.1 Å². The Morgan fingerprint density at radius 1 is 0.509 bits per heavy atom. The molecule has 8 rings (SSSR count). The molecule has 0 radical (unpaired) electrons. The fourth-order valence-electron chi connectivity index (χ4n) is 12.4. The minimum absolute atomic E-state index is 0.0250. The van der Waals surface area contributed by atoms with Crippen molar-refractivity contribution in [2.75, 3.05) is 38.7 Å². The lowest BCUT2D eigenvalue weighted by Crippen LogP contribution is -2.60. The third kappa shape index (κ3) is 23.0. The predicted molar refractivity (Wildman–Crippen MR) is 410 cm³/mol. The number of nitrogens with one attached hydrogen (secondary N) is 11. The minimum Gasteiger partial charge on any atom is -0.508 e. The van der Waals surface area contributed by atoms with E-state index in [2.05, 4.69) is 63.4 Å². The van der Waals surface area contributed by atoms with Crippen LogP contribution in [0.3, 0.4) is 0 Å². The van der Waals surface area contributed by atoms with Crippen LogP contribution in [0.15, 0.2) is 144 Å². The number of guanidine groups is 1. The van der Waals surface area contributed by atoms with Crippen LogP contribution in [-0.2, 0) is 59.9 Å². The number of primary amides is 2. The van der Waals surface area contributed by atoms with Gasteiger partial charge in [0.1, 0.15) is 71.3 Å². The van der Waals surface area contributed by atoms with E-state index in [-0.39, 0.29) is 116 Å². The van der Waals surface area contributed by atoms with Crippen LogP contribution in [0.25, 0.3) is 0 Å². The molecule has 0 fully saturated rings. The molecule has 34 heteroatoms. The van der Waals surface area contributed by atoms with Crippen LogP contribution in [0.2, 0.25) is 0 Å². The van der Waals surface area contributed by atoms with E-state index >= 15 is 0 Å². The Morgan fingerprint density at radius 3 is 1.55 bits per heavy atom. The summed E-state index contributed by atoms with van der Waals surface area (Å²) in [6.07, 6.45) is -0.283. The second-order valence-corrected chi connectivity index (χ2v) is 27.7. The number of azo groups is 1. The average molecular weight is 1540 g/mol. The van der Waals surface area contributed by atoms with Gasteiger partial charge in [-0.15, -0.1) is 0 Å². The summed E-state index contributed by atoms with van der Waals surface area (Å²) in [6.45, 7) is 5.33. The zero-order valence-electron chi connectivity index (χ0n) is 62.7. The third-order valence-electron chi connectivity index (χ3n) is 18.5. The Bertz CT molecular complexity index is 4430. The van der Waals surface area contributed by atoms with Crippen LogP contribution in [0.4, 0.5) is 17.1 Å². The maximum atomic E-state index is 14.5. The number of carbonyl (C=O) groups is 12. The number of aryl methyl sites for hydroxylation is 1. The van der Waals surface area contributed by atoms with Crippen molar-refractivity contribution in [3.63, 3.8) is 0 Å². The highest BCUT2D eigenvalue weighted by molar-refractivity contribution is 6.03. The summed E-state index contributed by atoms with van der Waals surface area (Å²) in [6, 6.07) is 24.0.